The molecule has 0 radical (unpaired) electrons. The highest BCUT2D eigenvalue weighted by molar-refractivity contribution is 8.01. The Bertz CT molecular complexity index is 1060. The number of carbonyl (C=O) groups is 1. The second-order valence-electron chi connectivity index (χ2n) is 7.16. The summed E-state index contributed by atoms with van der Waals surface area (Å²) in [4.78, 5) is 15.4. The van der Waals surface area contributed by atoms with Gasteiger partial charge in [-0.05, 0) is 54.8 Å². The van der Waals surface area contributed by atoms with Gasteiger partial charge in [-0.25, -0.2) is 0 Å². The van der Waals surface area contributed by atoms with Gasteiger partial charge in [0.15, 0.2) is 11.5 Å². The van der Waals surface area contributed by atoms with Crippen LogP contribution in [0.5, 0.6) is 11.5 Å². The lowest BCUT2D eigenvalue weighted by molar-refractivity contribution is -0.117. The lowest BCUT2D eigenvalue weighted by Crippen LogP contribution is -2.31. The van der Waals surface area contributed by atoms with E-state index in [9.17, 15) is 4.79 Å². The largest absolute Gasteiger partial charge is 0.493 e. The number of para-hydroxylation sites is 1. The van der Waals surface area contributed by atoms with Gasteiger partial charge in [0.25, 0.3) is 0 Å². The van der Waals surface area contributed by atoms with Crippen molar-refractivity contribution in [2.24, 2.45) is 0 Å². The molecule has 0 saturated carbocycles. The van der Waals surface area contributed by atoms with Crippen molar-refractivity contribution in [1.82, 2.24) is 0 Å². The molecule has 3 aromatic carbocycles. The van der Waals surface area contributed by atoms with Crippen LogP contribution in [0.4, 0.5) is 5.69 Å². The maximum Gasteiger partial charge on any atom is 0.241 e. The van der Waals surface area contributed by atoms with Crippen molar-refractivity contribution >= 4 is 35.0 Å². The Kier molecular flexibility index (Phi) is 6.73. The fourth-order valence-corrected chi connectivity index (χ4v) is 5.42. The van der Waals surface area contributed by atoms with Crippen LogP contribution >= 0.6 is 23.4 Å². The van der Waals surface area contributed by atoms with E-state index in [0.29, 0.717) is 29.5 Å². The number of anilines is 1. The van der Waals surface area contributed by atoms with Crippen molar-refractivity contribution in [1.29, 1.82) is 0 Å². The molecule has 0 bridgehead atoms. The van der Waals surface area contributed by atoms with E-state index in [1.807, 2.05) is 84.6 Å². The number of thioether (sulfide) groups is 1. The maximum absolute atomic E-state index is 13.5. The summed E-state index contributed by atoms with van der Waals surface area (Å²) in [6.45, 7) is 2.48. The van der Waals surface area contributed by atoms with Crippen LogP contribution in [0.1, 0.15) is 23.4 Å². The zero-order chi connectivity index (χ0) is 21.8. The van der Waals surface area contributed by atoms with Gasteiger partial charge in [0.1, 0.15) is 5.37 Å². The highest BCUT2D eigenvalue weighted by atomic mass is 35.5. The highest BCUT2D eigenvalue weighted by Crippen LogP contribution is 2.48. The first-order valence-electron chi connectivity index (χ1n) is 10.2. The van der Waals surface area contributed by atoms with E-state index in [1.54, 1.807) is 18.9 Å². The molecule has 6 heteroatoms. The monoisotopic (exact) mass is 453 g/mol. The summed E-state index contributed by atoms with van der Waals surface area (Å²) in [7, 11) is 1.63. The molecule has 0 spiro atoms. The summed E-state index contributed by atoms with van der Waals surface area (Å²) in [6, 6.07) is 23.4. The summed E-state index contributed by atoms with van der Waals surface area (Å²) in [5, 5.41) is 0.281. The van der Waals surface area contributed by atoms with Gasteiger partial charge in [0.2, 0.25) is 5.91 Å². The second kappa shape index (κ2) is 9.67. The molecule has 1 saturated heterocycles. The fraction of sp³-hybridized carbons (Fsp3) is 0.240. The summed E-state index contributed by atoms with van der Waals surface area (Å²) >= 11 is 8.02. The molecule has 2 atom stereocenters. The average molecular weight is 454 g/mol. The van der Waals surface area contributed by atoms with E-state index < -0.39 is 0 Å². The first-order valence-corrected chi connectivity index (χ1v) is 11.5. The number of ether oxygens (including phenoxy) is 2. The third kappa shape index (κ3) is 4.53. The molecule has 4 nitrogen and oxygen atoms in total. The Morgan fingerprint density at radius 2 is 1.74 bits per heavy atom. The van der Waals surface area contributed by atoms with Crippen LogP contribution in [0.25, 0.3) is 0 Å². The van der Waals surface area contributed by atoms with Crippen LogP contribution in [-0.2, 0) is 11.2 Å². The number of methoxy groups -OCH3 is 1. The number of rotatable bonds is 7. The molecular formula is C25H24ClNO3S. The normalized spacial score (nSPS) is 18.3. The summed E-state index contributed by atoms with van der Waals surface area (Å²) < 4.78 is 11.2. The maximum atomic E-state index is 13.5. The molecule has 1 aliphatic heterocycles. The summed E-state index contributed by atoms with van der Waals surface area (Å²) in [6.07, 6.45) is 0.581. The first-order chi connectivity index (χ1) is 15.1. The Labute approximate surface area is 192 Å². The Balaban J connectivity index is 1.71. The van der Waals surface area contributed by atoms with E-state index in [1.165, 1.54) is 0 Å². The van der Waals surface area contributed by atoms with Crippen LogP contribution in [0.3, 0.4) is 0 Å². The molecule has 1 fully saturated rings. The standard InChI is InChI=1S/C25H24ClNO3S/c1-3-30-22-15-18(13-14-21(22)29-2)25-27(19-10-5-4-6-11-19)24(28)23(31-25)16-17-9-7-8-12-20(17)26/h4-15,23,25H,3,16H2,1-2H3/t23-,25-/m1/s1. The van der Waals surface area contributed by atoms with E-state index in [2.05, 4.69) is 0 Å². The second-order valence-corrected chi connectivity index (χ2v) is 8.85. The zero-order valence-electron chi connectivity index (χ0n) is 17.5. The minimum absolute atomic E-state index is 0.0786. The molecular weight excluding hydrogens is 430 g/mol. The van der Waals surface area contributed by atoms with Crippen LogP contribution in [-0.4, -0.2) is 24.9 Å². The van der Waals surface area contributed by atoms with Crippen molar-refractivity contribution in [3.63, 3.8) is 0 Å². The van der Waals surface area contributed by atoms with Crippen molar-refractivity contribution in [2.75, 3.05) is 18.6 Å². The minimum atomic E-state index is -0.234. The smallest absolute Gasteiger partial charge is 0.241 e. The Morgan fingerprint density at radius 1 is 1.00 bits per heavy atom. The van der Waals surface area contributed by atoms with Gasteiger partial charge in [-0.2, -0.15) is 0 Å². The number of hydrogen-bond donors (Lipinski definition) is 0. The lowest BCUT2D eigenvalue weighted by Gasteiger charge is -2.25. The number of halogens is 1. The van der Waals surface area contributed by atoms with Gasteiger partial charge in [0.05, 0.1) is 19.0 Å². The first kappa shape index (κ1) is 21.6. The highest BCUT2D eigenvalue weighted by Gasteiger charge is 2.42. The van der Waals surface area contributed by atoms with Crippen LogP contribution in [0.2, 0.25) is 5.02 Å². The van der Waals surface area contributed by atoms with Crippen molar-refractivity contribution in [3.05, 3.63) is 88.9 Å². The molecule has 1 heterocycles. The molecule has 1 amide bonds. The van der Waals surface area contributed by atoms with Crippen molar-refractivity contribution < 1.29 is 14.3 Å². The van der Waals surface area contributed by atoms with E-state index >= 15 is 0 Å². The van der Waals surface area contributed by atoms with Crippen molar-refractivity contribution in [2.45, 2.75) is 24.0 Å². The third-order valence-electron chi connectivity index (χ3n) is 5.21. The molecule has 0 unspecified atom stereocenters. The van der Waals surface area contributed by atoms with E-state index in [-0.39, 0.29) is 16.5 Å². The number of carbonyl (C=O) groups excluding carboxylic acids is 1. The Morgan fingerprint density at radius 3 is 2.45 bits per heavy atom. The number of amides is 1. The van der Waals surface area contributed by atoms with Crippen LogP contribution < -0.4 is 14.4 Å². The van der Waals surface area contributed by atoms with Gasteiger partial charge in [-0.3, -0.25) is 9.69 Å². The molecule has 31 heavy (non-hydrogen) atoms. The molecule has 4 rings (SSSR count). The van der Waals surface area contributed by atoms with E-state index in [4.69, 9.17) is 21.1 Å². The molecule has 0 aromatic heterocycles. The average Bonchev–Trinajstić information content (AvgIpc) is 3.12. The van der Waals surface area contributed by atoms with E-state index in [0.717, 1.165) is 16.8 Å². The minimum Gasteiger partial charge on any atom is -0.493 e. The Hall–Kier alpha value is -2.63. The molecule has 3 aromatic rings. The van der Waals surface area contributed by atoms with Gasteiger partial charge < -0.3 is 9.47 Å². The van der Waals surface area contributed by atoms with Crippen molar-refractivity contribution in [3.8, 4) is 11.5 Å². The van der Waals surface area contributed by atoms with Gasteiger partial charge in [0, 0.05) is 10.7 Å². The number of benzene rings is 3. The van der Waals surface area contributed by atoms with Gasteiger partial charge >= 0.3 is 0 Å². The summed E-state index contributed by atoms with van der Waals surface area (Å²) in [5.74, 6) is 1.44. The molecule has 160 valence electrons. The fourth-order valence-electron chi connectivity index (χ4n) is 3.74. The zero-order valence-corrected chi connectivity index (χ0v) is 19.0. The number of nitrogens with zero attached hydrogens (tertiary/aromatic N) is 1. The third-order valence-corrected chi connectivity index (χ3v) is 7.02. The quantitative estimate of drug-likeness (QED) is 0.431. The topological polar surface area (TPSA) is 38.8 Å². The number of hydrogen-bond acceptors (Lipinski definition) is 4. The summed E-state index contributed by atoms with van der Waals surface area (Å²) in [5.41, 5.74) is 2.85. The SMILES string of the molecule is CCOc1cc([C@H]2S[C@H](Cc3ccccc3Cl)C(=O)N2c2ccccc2)ccc1OC. The predicted octanol–water partition coefficient (Wildman–Crippen LogP) is 6.14. The molecule has 0 N–H and O–H groups in total. The lowest BCUT2D eigenvalue weighted by atomic mass is 10.1. The van der Waals surface area contributed by atoms with Crippen LogP contribution in [0.15, 0.2) is 72.8 Å². The predicted molar refractivity (Wildman–Crippen MR) is 127 cm³/mol. The van der Waals surface area contributed by atoms with Gasteiger partial charge in [-0.1, -0.05) is 54.1 Å². The van der Waals surface area contributed by atoms with Gasteiger partial charge in [-0.15, -0.1) is 11.8 Å². The van der Waals surface area contributed by atoms with Crippen LogP contribution in [0, 0.1) is 0 Å². The molecule has 0 aliphatic carbocycles. The molecule has 1 aliphatic rings.